The standard InChI is InChI=1S/C21H26N6O3S/c1-14-11-29-9-8-26(14)20-10-19(25-31(3,28)16-12-30-13-16)23-21(24-20)27-15(2)22-17-6-4-5-7-18(17)27/h4-7,10,14,16H,8-9,11-13H2,1-3H3/t14-,31+/m1/s1. The van der Waals surface area contributed by atoms with Crippen LogP contribution in [0.15, 0.2) is 34.7 Å². The molecular formula is C21H26N6O3S. The van der Waals surface area contributed by atoms with Crippen molar-refractivity contribution in [3.05, 3.63) is 36.2 Å². The number of anilines is 1. The summed E-state index contributed by atoms with van der Waals surface area (Å²) in [4.78, 5) is 16.4. The monoisotopic (exact) mass is 442 g/mol. The van der Waals surface area contributed by atoms with Crippen LogP contribution < -0.4 is 4.90 Å². The third-order valence-corrected chi connectivity index (χ3v) is 7.84. The molecule has 2 aromatic heterocycles. The molecule has 9 nitrogen and oxygen atoms in total. The van der Waals surface area contributed by atoms with Gasteiger partial charge in [-0.15, -0.1) is 0 Å². The summed E-state index contributed by atoms with van der Waals surface area (Å²) in [5.41, 5.74) is 1.79. The quantitative estimate of drug-likeness (QED) is 0.613. The Morgan fingerprint density at radius 2 is 1.94 bits per heavy atom. The van der Waals surface area contributed by atoms with E-state index < -0.39 is 9.73 Å². The summed E-state index contributed by atoms with van der Waals surface area (Å²) >= 11 is 0. The highest BCUT2D eigenvalue weighted by Gasteiger charge is 2.28. The second-order valence-electron chi connectivity index (χ2n) is 8.10. The molecule has 2 saturated heterocycles. The lowest BCUT2D eigenvalue weighted by atomic mass is 10.2. The number of aryl methyl sites for hydroxylation is 1. The Morgan fingerprint density at radius 3 is 2.68 bits per heavy atom. The molecule has 31 heavy (non-hydrogen) atoms. The van der Waals surface area contributed by atoms with Crippen molar-refractivity contribution in [2.45, 2.75) is 25.1 Å². The molecule has 164 valence electrons. The van der Waals surface area contributed by atoms with E-state index in [9.17, 15) is 4.21 Å². The number of para-hydroxylation sites is 2. The van der Waals surface area contributed by atoms with Crippen molar-refractivity contribution in [3.8, 4) is 5.95 Å². The largest absolute Gasteiger partial charge is 0.379 e. The predicted octanol–water partition coefficient (Wildman–Crippen LogP) is 2.48. The summed E-state index contributed by atoms with van der Waals surface area (Å²) in [6, 6.07) is 9.87. The first-order valence-corrected chi connectivity index (χ1v) is 12.4. The van der Waals surface area contributed by atoms with Gasteiger partial charge in [-0.25, -0.2) is 9.19 Å². The van der Waals surface area contributed by atoms with Gasteiger partial charge in [0.15, 0.2) is 5.82 Å². The third kappa shape index (κ3) is 3.79. The molecule has 0 saturated carbocycles. The normalized spacial score (nSPS) is 21.6. The average molecular weight is 443 g/mol. The maximum Gasteiger partial charge on any atom is 0.239 e. The Kier molecular flexibility index (Phi) is 5.15. The second-order valence-corrected chi connectivity index (χ2v) is 10.7. The molecule has 0 amide bonds. The molecule has 1 aromatic carbocycles. The molecule has 0 radical (unpaired) electrons. The number of nitrogens with zero attached hydrogens (tertiary/aromatic N) is 6. The number of rotatable bonds is 4. The van der Waals surface area contributed by atoms with Gasteiger partial charge in [-0.3, -0.25) is 4.57 Å². The number of hydrogen-bond donors (Lipinski definition) is 0. The van der Waals surface area contributed by atoms with Crippen molar-refractivity contribution >= 4 is 32.4 Å². The van der Waals surface area contributed by atoms with Gasteiger partial charge >= 0.3 is 0 Å². The maximum atomic E-state index is 13.2. The summed E-state index contributed by atoms with van der Waals surface area (Å²) in [6.07, 6.45) is 1.68. The van der Waals surface area contributed by atoms with Crippen LogP contribution in [0.1, 0.15) is 12.7 Å². The van der Waals surface area contributed by atoms with Crippen LogP contribution in [0, 0.1) is 6.92 Å². The Hall–Kier alpha value is -2.56. The fraction of sp³-hybridized carbons (Fsp3) is 0.476. The van der Waals surface area contributed by atoms with Crippen LogP contribution in [0.3, 0.4) is 0 Å². The number of imidazole rings is 1. The Labute approximate surface area is 181 Å². The average Bonchev–Trinajstić information content (AvgIpc) is 3.01. The number of aromatic nitrogens is 4. The summed E-state index contributed by atoms with van der Waals surface area (Å²) in [5, 5.41) is -0.0764. The van der Waals surface area contributed by atoms with Crippen molar-refractivity contribution in [1.29, 1.82) is 0 Å². The lowest BCUT2D eigenvalue weighted by molar-refractivity contribution is 0.0431. The van der Waals surface area contributed by atoms with E-state index >= 15 is 0 Å². The molecule has 2 aliphatic rings. The summed E-state index contributed by atoms with van der Waals surface area (Å²) in [7, 11) is -2.48. The minimum atomic E-state index is -2.48. The fourth-order valence-corrected chi connectivity index (χ4v) is 5.21. The van der Waals surface area contributed by atoms with E-state index in [0.717, 1.165) is 29.2 Å². The van der Waals surface area contributed by atoms with Crippen molar-refractivity contribution in [2.24, 2.45) is 4.36 Å². The topological polar surface area (TPSA) is 94.7 Å². The van der Waals surface area contributed by atoms with Gasteiger partial charge in [0, 0.05) is 18.9 Å². The Bertz CT molecular complexity index is 1250. The lowest BCUT2D eigenvalue weighted by Gasteiger charge is -2.34. The summed E-state index contributed by atoms with van der Waals surface area (Å²) < 4.78 is 30.5. The first kappa shape index (κ1) is 20.3. The highest BCUT2D eigenvalue weighted by molar-refractivity contribution is 7.93. The maximum absolute atomic E-state index is 13.2. The van der Waals surface area contributed by atoms with E-state index in [-0.39, 0.29) is 11.3 Å². The lowest BCUT2D eigenvalue weighted by Crippen LogP contribution is -2.44. The minimum Gasteiger partial charge on any atom is -0.379 e. The smallest absolute Gasteiger partial charge is 0.239 e. The Morgan fingerprint density at radius 1 is 1.13 bits per heavy atom. The third-order valence-electron chi connectivity index (χ3n) is 5.78. The van der Waals surface area contributed by atoms with Gasteiger partial charge in [0.2, 0.25) is 5.95 Å². The van der Waals surface area contributed by atoms with E-state index in [1.807, 2.05) is 41.8 Å². The van der Waals surface area contributed by atoms with Crippen LogP contribution in [0.5, 0.6) is 0 Å². The molecule has 2 atom stereocenters. The van der Waals surface area contributed by atoms with E-state index in [1.54, 1.807) is 6.26 Å². The minimum absolute atomic E-state index is 0.0764. The van der Waals surface area contributed by atoms with Gasteiger partial charge in [0.1, 0.15) is 11.6 Å². The zero-order chi connectivity index (χ0) is 21.6. The van der Waals surface area contributed by atoms with Crippen LogP contribution >= 0.6 is 0 Å². The second kappa shape index (κ2) is 7.85. The molecule has 0 aliphatic carbocycles. The first-order valence-electron chi connectivity index (χ1n) is 10.4. The molecule has 0 spiro atoms. The van der Waals surface area contributed by atoms with Crippen molar-refractivity contribution < 1.29 is 13.7 Å². The van der Waals surface area contributed by atoms with E-state index in [4.69, 9.17) is 19.4 Å². The highest BCUT2D eigenvalue weighted by Crippen LogP contribution is 2.28. The fourth-order valence-electron chi connectivity index (χ4n) is 3.90. The molecule has 2 aliphatic heterocycles. The van der Waals surface area contributed by atoms with Crippen LogP contribution in [0.4, 0.5) is 11.6 Å². The summed E-state index contributed by atoms with van der Waals surface area (Å²) in [6.45, 7) is 6.95. The van der Waals surface area contributed by atoms with Crippen LogP contribution in [0.2, 0.25) is 0 Å². The number of ether oxygens (including phenoxy) is 2. The first-order chi connectivity index (χ1) is 14.9. The van der Waals surface area contributed by atoms with Gasteiger partial charge in [-0.2, -0.15) is 14.3 Å². The summed E-state index contributed by atoms with van der Waals surface area (Å²) in [5.74, 6) is 2.41. The number of hydrogen-bond acceptors (Lipinski definition) is 8. The van der Waals surface area contributed by atoms with Gasteiger partial charge in [-0.05, 0) is 26.0 Å². The van der Waals surface area contributed by atoms with Gasteiger partial charge in [-0.1, -0.05) is 12.1 Å². The van der Waals surface area contributed by atoms with E-state index in [2.05, 4.69) is 21.2 Å². The van der Waals surface area contributed by atoms with Crippen molar-refractivity contribution in [1.82, 2.24) is 19.5 Å². The van der Waals surface area contributed by atoms with Crippen LogP contribution in [0.25, 0.3) is 17.0 Å². The number of benzene rings is 1. The highest BCUT2D eigenvalue weighted by atomic mass is 32.2. The predicted molar refractivity (Wildman–Crippen MR) is 120 cm³/mol. The Balaban J connectivity index is 1.68. The molecule has 3 aromatic rings. The number of fused-ring (bicyclic) bond motifs is 1. The zero-order valence-electron chi connectivity index (χ0n) is 17.9. The van der Waals surface area contributed by atoms with Gasteiger partial charge in [0.25, 0.3) is 0 Å². The van der Waals surface area contributed by atoms with Crippen molar-refractivity contribution in [3.63, 3.8) is 0 Å². The molecule has 2 fully saturated rings. The molecular weight excluding hydrogens is 416 g/mol. The molecule has 0 bridgehead atoms. The molecule has 10 heteroatoms. The van der Waals surface area contributed by atoms with Crippen molar-refractivity contribution in [2.75, 3.05) is 44.1 Å². The molecule has 4 heterocycles. The van der Waals surface area contributed by atoms with Gasteiger partial charge < -0.3 is 14.4 Å². The molecule has 0 N–H and O–H groups in total. The SMILES string of the molecule is Cc1nc2ccccc2n1-c1nc(N=[S@@](C)(=O)C2COC2)cc(N2CCOC[C@H]2C)n1. The zero-order valence-corrected chi connectivity index (χ0v) is 18.7. The van der Waals surface area contributed by atoms with E-state index in [0.29, 0.717) is 38.2 Å². The number of morpholine rings is 1. The molecule has 0 unspecified atom stereocenters. The molecule has 5 rings (SSSR count). The van der Waals surface area contributed by atoms with Gasteiger partial charge in [0.05, 0.1) is 58.5 Å². The van der Waals surface area contributed by atoms with Crippen LogP contribution in [-0.2, 0) is 19.2 Å². The van der Waals surface area contributed by atoms with E-state index in [1.165, 1.54) is 0 Å². The van der Waals surface area contributed by atoms with Crippen LogP contribution in [-0.4, -0.2) is 74.2 Å².